The molecule has 1 fully saturated rings. The Morgan fingerprint density at radius 2 is 2.11 bits per heavy atom. The summed E-state index contributed by atoms with van der Waals surface area (Å²) >= 11 is 0. The molecule has 0 unspecified atom stereocenters. The third-order valence-corrected chi connectivity index (χ3v) is 3.81. The maximum atomic E-state index is 12.2. The number of hydrogen-bond donors (Lipinski definition) is 1. The highest BCUT2D eigenvalue weighted by molar-refractivity contribution is 5.91. The minimum absolute atomic E-state index is 0.0662. The summed E-state index contributed by atoms with van der Waals surface area (Å²) in [7, 11) is 3.85. The van der Waals surface area contributed by atoms with Gasteiger partial charge in [-0.15, -0.1) is 0 Å². The Hall–Kier alpha value is -1.36. The average Bonchev–Trinajstić information content (AvgIpc) is 2.84. The van der Waals surface area contributed by atoms with Gasteiger partial charge in [-0.3, -0.25) is 4.79 Å². The zero-order valence-corrected chi connectivity index (χ0v) is 11.3. The van der Waals surface area contributed by atoms with Gasteiger partial charge < -0.3 is 14.7 Å². The third-order valence-electron chi connectivity index (χ3n) is 3.81. The molecule has 0 radical (unpaired) electrons. The van der Waals surface area contributed by atoms with Crippen molar-refractivity contribution in [3.8, 4) is 0 Å². The van der Waals surface area contributed by atoms with E-state index in [1.165, 1.54) is 0 Å². The fourth-order valence-corrected chi connectivity index (χ4v) is 2.56. The van der Waals surface area contributed by atoms with Gasteiger partial charge in [0, 0.05) is 25.2 Å². The molecule has 1 aromatic heterocycles. The smallest absolute Gasteiger partial charge is 0.292 e. The van der Waals surface area contributed by atoms with Crippen molar-refractivity contribution in [3.05, 3.63) is 17.5 Å². The highest BCUT2D eigenvalue weighted by atomic mass is 16.5. The SMILES string of the molecule is CNC1CCC(N(C)C(=O)c2cc(C)no2)CC1. The number of nitrogens with zero attached hydrogens (tertiary/aromatic N) is 2. The van der Waals surface area contributed by atoms with Crippen molar-refractivity contribution in [3.63, 3.8) is 0 Å². The van der Waals surface area contributed by atoms with Gasteiger partial charge >= 0.3 is 0 Å². The molecule has 1 N–H and O–H groups in total. The van der Waals surface area contributed by atoms with Crippen LogP contribution in [0, 0.1) is 6.92 Å². The van der Waals surface area contributed by atoms with Crippen LogP contribution >= 0.6 is 0 Å². The Balaban J connectivity index is 1.95. The molecule has 2 rings (SSSR count). The van der Waals surface area contributed by atoms with Crippen molar-refractivity contribution in [1.29, 1.82) is 0 Å². The van der Waals surface area contributed by atoms with Crippen molar-refractivity contribution in [2.45, 2.75) is 44.7 Å². The van der Waals surface area contributed by atoms with E-state index in [2.05, 4.69) is 10.5 Å². The molecule has 0 aromatic carbocycles. The van der Waals surface area contributed by atoms with E-state index in [4.69, 9.17) is 4.52 Å². The predicted octanol–water partition coefficient (Wildman–Crippen LogP) is 1.59. The van der Waals surface area contributed by atoms with Gasteiger partial charge in [-0.05, 0) is 39.7 Å². The largest absolute Gasteiger partial charge is 0.351 e. The molecule has 100 valence electrons. The van der Waals surface area contributed by atoms with Crippen LogP contribution in [0.2, 0.25) is 0 Å². The quantitative estimate of drug-likeness (QED) is 0.886. The van der Waals surface area contributed by atoms with E-state index in [9.17, 15) is 4.79 Å². The average molecular weight is 251 g/mol. The van der Waals surface area contributed by atoms with Gasteiger partial charge in [-0.25, -0.2) is 0 Å². The number of amides is 1. The maximum absolute atomic E-state index is 12.2. The molecule has 0 atom stereocenters. The first-order valence-electron chi connectivity index (χ1n) is 6.49. The molecule has 1 aromatic rings. The Morgan fingerprint density at radius 1 is 1.44 bits per heavy atom. The fourth-order valence-electron chi connectivity index (χ4n) is 2.56. The van der Waals surface area contributed by atoms with Crippen LogP contribution in [0.5, 0.6) is 0 Å². The van der Waals surface area contributed by atoms with Crippen LogP contribution in [0.25, 0.3) is 0 Å². The normalized spacial score (nSPS) is 23.9. The van der Waals surface area contributed by atoms with Crippen LogP contribution in [0.4, 0.5) is 0 Å². The Bertz CT molecular complexity index is 408. The number of aromatic nitrogens is 1. The summed E-state index contributed by atoms with van der Waals surface area (Å²) in [5.74, 6) is 0.272. The number of nitrogens with one attached hydrogen (secondary N) is 1. The maximum Gasteiger partial charge on any atom is 0.292 e. The molecular weight excluding hydrogens is 230 g/mol. The second-order valence-corrected chi connectivity index (χ2v) is 5.04. The molecule has 1 saturated carbocycles. The molecule has 1 amide bonds. The molecule has 5 heteroatoms. The van der Waals surface area contributed by atoms with Crippen LogP contribution in [-0.4, -0.2) is 42.1 Å². The van der Waals surface area contributed by atoms with Crippen LogP contribution < -0.4 is 5.32 Å². The first-order chi connectivity index (χ1) is 8.61. The van der Waals surface area contributed by atoms with E-state index in [0.717, 1.165) is 31.4 Å². The van der Waals surface area contributed by atoms with Crippen LogP contribution in [0.15, 0.2) is 10.6 Å². The lowest BCUT2D eigenvalue weighted by atomic mass is 9.90. The molecule has 0 aliphatic heterocycles. The van der Waals surface area contributed by atoms with Gasteiger partial charge in [-0.2, -0.15) is 0 Å². The molecule has 0 bridgehead atoms. The Kier molecular flexibility index (Phi) is 4.01. The number of rotatable bonds is 3. The van der Waals surface area contributed by atoms with Gasteiger partial charge in [0.1, 0.15) is 0 Å². The Labute approximate surface area is 108 Å². The summed E-state index contributed by atoms with van der Waals surface area (Å²) in [5.41, 5.74) is 0.741. The predicted molar refractivity (Wildman–Crippen MR) is 68.4 cm³/mol. The van der Waals surface area contributed by atoms with E-state index in [1.54, 1.807) is 11.0 Å². The van der Waals surface area contributed by atoms with Gasteiger partial charge in [0.05, 0.1) is 5.69 Å². The fraction of sp³-hybridized carbons (Fsp3) is 0.692. The zero-order chi connectivity index (χ0) is 13.1. The molecule has 1 aliphatic rings. The minimum atomic E-state index is -0.0662. The second-order valence-electron chi connectivity index (χ2n) is 5.04. The standard InChI is InChI=1S/C13H21N3O2/c1-9-8-12(18-15-9)13(17)16(3)11-6-4-10(14-2)5-7-11/h8,10-11,14H,4-7H2,1-3H3. The van der Waals surface area contributed by atoms with Crippen LogP contribution in [0.3, 0.4) is 0 Å². The molecule has 5 nitrogen and oxygen atoms in total. The summed E-state index contributed by atoms with van der Waals surface area (Å²) in [5, 5.41) is 7.05. The zero-order valence-electron chi connectivity index (χ0n) is 11.3. The van der Waals surface area contributed by atoms with E-state index in [-0.39, 0.29) is 5.91 Å². The van der Waals surface area contributed by atoms with Gasteiger partial charge in [-0.1, -0.05) is 5.16 Å². The molecule has 0 saturated heterocycles. The highest BCUT2D eigenvalue weighted by Gasteiger charge is 2.27. The molecule has 0 spiro atoms. The lowest BCUT2D eigenvalue weighted by molar-refractivity contribution is 0.0644. The van der Waals surface area contributed by atoms with E-state index >= 15 is 0 Å². The number of hydrogen-bond acceptors (Lipinski definition) is 4. The lowest BCUT2D eigenvalue weighted by Gasteiger charge is -2.34. The van der Waals surface area contributed by atoms with Crippen molar-refractivity contribution in [1.82, 2.24) is 15.4 Å². The monoisotopic (exact) mass is 251 g/mol. The summed E-state index contributed by atoms with van der Waals surface area (Å²) in [6, 6.07) is 2.60. The Morgan fingerprint density at radius 3 is 2.61 bits per heavy atom. The summed E-state index contributed by atoms with van der Waals surface area (Å²) in [6.07, 6.45) is 4.32. The topological polar surface area (TPSA) is 58.4 Å². The first kappa shape index (κ1) is 13.1. The number of aryl methyl sites for hydroxylation is 1. The van der Waals surface area contributed by atoms with Crippen molar-refractivity contribution in [2.24, 2.45) is 0 Å². The van der Waals surface area contributed by atoms with Crippen LogP contribution in [0.1, 0.15) is 41.9 Å². The second kappa shape index (κ2) is 5.52. The highest BCUT2D eigenvalue weighted by Crippen LogP contribution is 2.23. The van der Waals surface area contributed by atoms with Crippen LogP contribution in [-0.2, 0) is 0 Å². The van der Waals surface area contributed by atoms with E-state index in [0.29, 0.717) is 17.8 Å². The minimum Gasteiger partial charge on any atom is -0.351 e. The third kappa shape index (κ3) is 2.72. The molecule has 1 heterocycles. The van der Waals surface area contributed by atoms with Crippen molar-refractivity contribution in [2.75, 3.05) is 14.1 Å². The number of carbonyl (C=O) groups is 1. The van der Waals surface area contributed by atoms with Gasteiger partial charge in [0.25, 0.3) is 5.91 Å². The first-order valence-corrected chi connectivity index (χ1v) is 6.49. The summed E-state index contributed by atoms with van der Waals surface area (Å²) in [6.45, 7) is 1.82. The van der Waals surface area contributed by atoms with Gasteiger partial charge in [0.15, 0.2) is 0 Å². The van der Waals surface area contributed by atoms with Crippen molar-refractivity contribution >= 4 is 5.91 Å². The van der Waals surface area contributed by atoms with Gasteiger partial charge in [0.2, 0.25) is 5.76 Å². The molecule has 1 aliphatic carbocycles. The molecule has 18 heavy (non-hydrogen) atoms. The van der Waals surface area contributed by atoms with E-state index in [1.807, 2.05) is 21.0 Å². The lowest BCUT2D eigenvalue weighted by Crippen LogP contribution is -2.42. The van der Waals surface area contributed by atoms with E-state index < -0.39 is 0 Å². The number of carbonyl (C=O) groups excluding carboxylic acids is 1. The summed E-state index contributed by atoms with van der Waals surface area (Å²) in [4.78, 5) is 14.0. The van der Waals surface area contributed by atoms with Crippen molar-refractivity contribution < 1.29 is 9.32 Å². The summed E-state index contributed by atoms with van der Waals surface area (Å²) < 4.78 is 5.03. The molecular formula is C13H21N3O2.